The Morgan fingerprint density at radius 1 is 1.00 bits per heavy atom. The summed E-state index contributed by atoms with van der Waals surface area (Å²) in [5, 5.41) is 3.12. The normalized spacial score (nSPS) is 15.6. The Labute approximate surface area is 176 Å². The first-order valence-electron chi connectivity index (χ1n) is 8.56. The maximum atomic E-state index is 13.1. The Morgan fingerprint density at radius 3 is 2.41 bits per heavy atom. The lowest BCUT2D eigenvalue weighted by molar-refractivity contribution is -0.122. The molecule has 6 nitrogen and oxygen atoms in total. The fourth-order valence-electron chi connectivity index (χ4n) is 2.96. The first kappa shape index (κ1) is 18.9. The zero-order valence-corrected chi connectivity index (χ0v) is 16.4. The lowest BCUT2D eigenvalue weighted by Gasteiger charge is -2.29. The molecule has 0 bridgehead atoms. The van der Waals surface area contributed by atoms with Gasteiger partial charge in [0.25, 0.3) is 11.8 Å². The van der Waals surface area contributed by atoms with Crippen LogP contribution in [0.4, 0.5) is 5.69 Å². The SMILES string of the molecule is O=C1NC(=S)N(c2ccc(Cl)cc2)C(=O)/C1=C\c1ccccc1-c1cncnc1. The number of halogens is 1. The van der Waals surface area contributed by atoms with E-state index in [1.54, 1.807) is 42.7 Å². The lowest BCUT2D eigenvalue weighted by atomic mass is 9.99. The fraction of sp³-hybridized carbons (Fsp3) is 0. The molecule has 0 aliphatic carbocycles. The standard InChI is InChI=1S/C21H13ClN4O2S/c22-15-5-7-16(8-6-15)26-20(28)18(19(27)25-21(26)29)9-13-3-1-2-4-17(13)14-10-23-12-24-11-14/h1-12H,(H,25,27,29)/b18-9-. The topological polar surface area (TPSA) is 75.2 Å². The van der Waals surface area contributed by atoms with Crippen molar-refractivity contribution in [2.45, 2.75) is 0 Å². The van der Waals surface area contributed by atoms with Gasteiger partial charge in [0.1, 0.15) is 11.9 Å². The van der Waals surface area contributed by atoms with Crippen molar-refractivity contribution in [1.82, 2.24) is 15.3 Å². The van der Waals surface area contributed by atoms with Gasteiger partial charge in [-0.25, -0.2) is 9.97 Å². The number of hydrogen-bond donors (Lipinski definition) is 1. The summed E-state index contributed by atoms with van der Waals surface area (Å²) in [5.41, 5.74) is 2.74. The predicted octanol–water partition coefficient (Wildman–Crippen LogP) is 3.63. The molecule has 1 fully saturated rings. The van der Waals surface area contributed by atoms with Gasteiger partial charge in [0.05, 0.1) is 5.69 Å². The van der Waals surface area contributed by atoms with E-state index in [4.69, 9.17) is 23.8 Å². The highest BCUT2D eigenvalue weighted by Crippen LogP contribution is 2.27. The molecule has 1 N–H and O–H groups in total. The van der Waals surface area contributed by atoms with Gasteiger partial charge in [-0.2, -0.15) is 0 Å². The number of hydrogen-bond acceptors (Lipinski definition) is 5. The number of carbonyl (C=O) groups is 2. The van der Waals surface area contributed by atoms with Crippen molar-refractivity contribution in [2.24, 2.45) is 0 Å². The van der Waals surface area contributed by atoms with Crippen molar-refractivity contribution in [3.8, 4) is 11.1 Å². The monoisotopic (exact) mass is 420 g/mol. The third-order valence-electron chi connectivity index (χ3n) is 4.32. The van der Waals surface area contributed by atoms with E-state index in [9.17, 15) is 9.59 Å². The largest absolute Gasteiger partial charge is 0.298 e. The second-order valence-electron chi connectivity index (χ2n) is 6.15. The van der Waals surface area contributed by atoms with Crippen molar-refractivity contribution in [1.29, 1.82) is 0 Å². The molecule has 0 atom stereocenters. The fourth-order valence-corrected chi connectivity index (χ4v) is 3.37. The van der Waals surface area contributed by atoms with Crippen LogP contribution < -0.4 is 10.2 Å². The number of nitrogens with one attached hydrogen (secondary N) is 1. The average molecular weight is 421 g/mol. The summed E-state index contributed by atoms with van der Waals surface area (Å²) in [6, 6.07) is 14.0. The molecule has 142 valence electrons. The molecule has 1 aliphatic heterocycles. The molecule has 1 aromatic heterocycles. The number of nitrogens with zero attached hydrogens (tertiary/aromatic N) is 3. The second-order valence-corrected chi connectivity index (χ2v) is 6.97. The molecule has 0 spiro atoms. The van der Waals surface area contributed by atoms with Crippen LogP contribution >= 0.6 is 23.8 Å². The van der Waals surface area contributed by atoms with Crippen LogP contribution in [0.15, 0.2) is 72.8 Å². The van der Waals surface area contributed by atoms with Gasteiger partial charge in [0.2, 0.25) is 0 Å². The van der Waals surface area contributed by atoms with Crippen LogP contribution in [0.5, 0.6) is 0 Å². The number of rotatable bonds is 3. The zero-order valence-electron chi connectivity index (χ0n) is 14.9. The first-order chi connectivity index (χ1) is 14.0. The Hall–Kier alpha value is -3.42. The molecule has 1 saturated heterocycles. The van der Waals surface area contributed by atoms with Crippen LogP contribution in [0.3, 0.4) is 0 Å². The summed E-state index contributed by atoms with van der Waals surface area (Å²) in [6.45, 7) is 0. The van der Waals surface area contributed by atoms with Gasteiger partial charge in [-0.15, -0.1) is 0 Å². The molecule has 2 heterocycles. The molecular formula is C21H13ClN4O2S. The highest BCUT2D eigenvalue weighted by atomic mass is 35.5. The Morgan fingerprint density at radius 2 is 1.69 bits per heavy atom. The molecule has 0 radical (unpaired) electrons. The molecule has 4 rings (SSSR count). The molecule has 8 heteroatoms. The average Bonchev–Trinajstić information content (AvgIpc) is 2.73. The zero-order chi connectivity index (χ0) is 20.4. The highest BCUT2D eigenvalue weighted by molar-refractivity contribution is 7.80. The highest BCUT2D eigenvalue weighted by Gasteiger charge is 2.34. The van der Waals surface area contributed by atoms with E-state index in [1.807, 2.05) is 24.3 Å². The van der Waals surface area contributed by atoms with E-state index in [0.717, 1.165) is 11.1 Å². The van der Waals surface area contributed by atoms with E-state index in [2.05, 4.69) is 15.3 Å². The van der Waals surface area contributed by atoms with Crippen LogP contribution in [0, 0.1) is 0 Å². The first-order valence-corrected chi connectivity index (χ1v) is 9.34. The van der Waals surface area contributed by atoms with E-state index in [-0.39, 0.29) is 10.7 Å². The van der Waals surface area contributed by atoms with E-state index in [0.29, 0.717) is 16.3 Å². The number of benzene rings is 2. The van der Waals surface area contributed by atoms with Crippen LogP contribution in [-0.2, 0) is 9.59 Å². The predicted molar refractivity (Wildman–Crippen MR) is 115 cm³/mol. The molecule has 1 aliphatic rings. The Balaban J connectivity index is 1.78. The number of anilines is 1. The van der Waals surface area contributed by atoms with E-state index >= 15 is 0 Å². The van der Waals surface area contributed by atoms with Gasteiger partial charge >= 0.3 is 0 Å². The Bertz CT molecular complexity index is 1150. The molecular weight excluding hydrogens is 408 g/mol. The molecule has 29 heavy (non-hydrogen) atoms. The molecule has 0 saturated carbocycles. The van der Waals surface area contributed by atoms with Gasteiger partial charge in [-0.05, 0) is 53.7 Å². The summed E-state index contributed by atoms with van der Waals surface area (Å²) in [7, 11) is 0. The number of thiocarbonyl (C=S) groups is 1. The Kier molecular flexibility index (Phi) is 5.16. The second kappa shape index (κ2) is 7.90. The number of amides is 2. The van der Waals surface area contributed by atoms with Gasteiger partial charge in [-0.3, -0.25) is 19.8 Å². The quantitative estimate of drug-likeness (QED) is 0.398. The van der Waals surface area contributed by atoms with Crippen LogP contribution in [0.2, 0.25) is 5.02 Å². The van der Waals surface area contributed by atoms with Crippen molar-refractivity contribution >= 4 is 52.5 Å². The van der Waals surface area contributed by atoms with E-state index in [1.165, 1.54) is 11.2 Å². The van der Waals surface area contributed by atoms with Gasteiger partial charge in [0, 0.05) is 23.0 Å². The summed E-state index contributed by atoms with van der Waals surface area (Å²) in [5.74, 6) is -1.07. The van der Waals surface area contributed by atoms with Crippen LogP contribution in [0.25, 0.3) is 17.2 Å². The minimum Gasteiger partial charge on any atom is -0.298 e. The smallest absolute Gasteiger partial charge is 0.270 e. The third kappa shape index (κ3) is 3.78. The van der Waals surface area contributed by atoms with Gasteiger partial charge < -0.3 is 0 Å². The number of aromatic nitrogens is 2. The van der Waals surface area contributed by atoms with E-state index < -0.39 is 11.8 Å². The van der Waals surface area contributed by atoms with Gasteiger partial charge in [0.15, 0.2) is 5.11 Å². The van der Waals surface area contributed by atoms with Crippen molar-refractivity contribution in [3.63, 3.8) is 0 Å². The van der Waals surface area contributed by atoms with Crippen molar-refractivity contribution in [3.05, 3.63) is 83.4 Å². The van der Waals surface area contributed by atoms with Gasteiger partial charge in [-0.1, -0.05) is 35.9 Å². The lowest BCUT2D eigenvalue weighted by Crippen LogP contribution is -2.54. The summed E-state index contributed by atoms with van der Waals surface area (Å²) in [6.07, 6.45) is 6.32. The van der Waals surface area contributed by atoms with Crippen molar-refractivity contribution in [2.75, 3.05) is 4.90 Å². The third-order valence-corrected chi connectivity index (χ3v) is 4.86. The maximum Gasteiger partial charge on any atom is 0.270 e. The molecule has 2 amide bonds. The minimum absolute atomic E-state index is 0.0178. The summed E-state index contributed by atoms with van der Waals surface area (Å²) < 4.78 is 0. The maximum absolute atomic E-state index is 13.1. The van der Waals surface area contributed by atoms with Crippen molar-refractivity contribution < 1.29 is 9.59 Å². The molecule has 3 aromatic rings. The minimum atomic E-state index is -0.552. The van der Waals surface area contributed by atoms with Crippen LogP contribution in [0.1, 0.15) is 5.56 Å². The van der Waals surface area contributed by atoms with Crippen LogP contribution in [-0.4, -0.2) is 26.9 Å². The molecule has 2 aromatic carbocycles. The molecule has 0 unspecified atom stereocenters. The summed E-state index contributed by atoms with van der Waals surface area (Å²) in [4.78, 5) is 35.0. The number of carbonyl (C=O) groups excluding carboxylic acids is 2. The summed E-state index contributed by atoms with van der Waals surface area (Å²) >= 11 is 11.1.